The van der Waals surface area contributed by atoms with Gasteiger partial charge < -0.3 is 10.1 Å². The van der Waals surface area contributed by atoms with Gasteiger partial charge in [0, 0.05) is 23.8 Å². The summed E-state index contributed by atoms with van der Waals surface area (Å²) in [7, 11) is -3.51. The SMILES string of the molecule is CCN(CC)S(=O)(=O)c1ccc(OCC(=O)Nc2cccc(Cl)c2C)cc1. The van der Waals surface area contributed by atoms with Crippen molar-refractivity contribution in [1.29, 1.82) is 0 Å². The highest BCUT2D eigenvalue weighted by Crippen LogP contribution is 2.23. The lowest BCUT2D eigenvalue weighted by molar-refractivity contribution is -0.118. The zero-order valence-electron chi connectivity index (χ0n) is 15.5. The number of hydrogen-bond donors (Lipinski definition) is 1. The second-order valence-electron chi connectivity index (χ2n) is 5.81. The molecule has 0 saturated heterocycles. The summed E-state index contributed by atoms with van der Waals surface area (Å²) in [6.45, 7) is 6.00. The molecule has 0 atom stereocenters. The molecule has 8 heteroatoms. The maximum absolute atomic E-state index is 12.4. The van der Waals surface area contributed by atoms with Crippen LogP contribution in [0.25, 0.3) is 0 Å². The van der Waals surface area contributed by atoms with Gasteiger partial charge in [-0.1, -0.05) is 31.5 Å². The Balaban J connectivity index is 1.99. The molecule has 1 N–H and O–H groups in total. The molecule has 0 aromatic heterocycles. The third kappa shape index (κ3) is 5.22. The molecule has 2 aromatic rings. The summed E-state index contributed by atoms with van der Waals surface area (Å²) in [6.07, 6.45) is 0. The van der Waals surface area contributed by atoms with Crippen molar-refractivity contribution in [3.8, 4) is 5.75 Å². The summed E-state index contributed by atoms with van der Waals surface area (Å²) in [5, 5.41) is 3.30. The Kier molecular flexibility index (Phi) is 7.24. The number of nitrogens with zero attached hydrogens (tertiary/aromatic N) is 1. The van der Waals surface area contributed by atoms with Crippen molar-refractivity contribution < 1.29 is 17.9 Å². The molecule has 0 heterocycles. The first kappa shape index (κ1) is 21.2. The molecule has 2 rings (SSSR count). The number of rotatable bonds is 8. The third-order valence-electron chi connectivity index (χ3n) is 4.08. The third-order valence-corrected chi connectivity index (χ3v) is 6.55. The minimum Gasteiger partial charge on any atom is -0.484 e. The maximum atomic E-state index is 12.4. The standard InChI is InChI=1S/C19H23ClN2O4S/c1-4-22(5-2)27(24,25)16-11-9-15(10-12-16)26-13-19(23)21-18-8-6-7-17(20)14(18)3/h6-12H,4-5,13H2,1-3H3,(H,21,23). The minimum atomic E-state index is -3.51. The second kappa shape index (κ2) is 9.21. The number of halogens is 1. The fraction of sp³-hybridized carbons (Fsp3) is 0.316. The molecule has 27 heavy (non-hydrogen) atoms. The van der Waals surface area contributed by atoms with Crippen LogP contribution < -0.4 is 10.1 Å². The van der Waals surface area contributed by atoms with Crippen molar-refractivity contribution in [2.24, 2.45) is 0 Å². The quantitative estimate of drug-likeness (QED) is 0.720. The summed E-state index contributed by atoms with van der Waals surface area (Å²) in [4.78, 5) is 12.3. The molecule has 0 unspecified atom stereocenters. The average molecular weight is 411 g/mol. The van der Waals surface area contributed by atoms with Crippen molar-refractivity contribution in [3.63, 3.8) is 0 Å². The molecule has 0 fully saturated rings. The normalized spacial score (nSPS) is 11.4. The fourth-order valence-electron chi connectivity index (χ4n) is 2.50. The van der Waals surface area contributed by atoms with E-state index in [4.69, 9.17) is 16.3 Å². The highest BCUT2D eigenvalue weighted by Gasteiger charge is 2.21. The number of sulfonamides is 1. The predicted octanol–water partition coefficient (Wildman–Crippen LogP) is 3.70. The molecule has 0 aliphatic rings. The van der Waals surface area contributed by atoms with Crippen molar-refractivity contribution in [2.75, 3.05) is 25.0 Å². The number of amides is 1. The number of carbonyl (C=O) groups is 1. The molecule has 0 spiro atoms. The Hall–Kier alpha value is -2.09. The fourth-order valence-corrected chi connectivity index (χ4v) is 4.13. The number of hydrogen-bond acceptors (Lipinski definition) is 4. The summed E-state index contributed by atoms with van der Waals surface area (Å²) in [5.41, 5.74) is 1.40. The first-order valence-electron chi connectivity index (χ1n) is 8.57. The van der Waals surface area contributed by atoms with E-state index in [1.165, 1.54) is 28.6 Å². The lowest BCUT2D eigenvalue weighted by Crippen LogP contribution is -2.30. The van der Waals surface area contributed by atoms with E-state index in [1.54, 1.807) is 32.0 Å². The Morgan fingerprint density at radius 3 is 2.33 bits per heavy atom. The predicted molar refractivity (Wildman–Crippen MR) is 107 cm³/mol. The molecule has 0 bridgehead atoms. The van der Waals surface area contributed by atoms with Crippen LogP contribution in [0, 0.1) is 6.92 Å². The molecule has 0 radical (unpaired) electrons. The maximum Gasteiger partial charge on any atom is 0.262 e. The van der Waals surface area contributed by atoms with E-state index >= 15 is 0 Å². The van der Waals surface area contributed by atoms with Crippen LogP contribution in [-0.4, -0.2) is 38.3 Å². The Labute approximate surface area is 165 Å². The molecule has 1 amide bonds. The van der Waals surface area contributed by atoms with Crippen molar-refractivity contribution >= 4 is 33.2 Å². The number of benzene rings is 2. The zero-order chi connectivity index (χ0) is 20.0. The van der Waals surface area contributed by atoms with Crippen LogP contribution in [-0.2, 0) is 14.8 Å². The summed E-state index contributed by atoms with van der Waals surface area (Å²) in [5.74, 6) is 0.0756. The average Bonchev–Trinajstić information content (AvgIpc) is 2.65. The van der Waals surface area contributed by atoms with Crippen LogP contribution in [0.2, 0.25) is 5.02 Å². The van der Waals surface area contributed by atoms with Gasteiger partial charge in [-0.15, -0.1) is 0 Å². The van der Waals surface area contributed by atoms with Crippen LogP contribution in [0.5, 0.6) is 5.75 Å². The van der Waals surface area contributed by atoms with Gasteiger partial charge in [-0.25, -0.2) is 8.42 Å². The van der Waals surface area contributed by atoms with Gasteiger partial charge in [-0.3, -0.25) is 4.79 Å². The van der Waals surface area contributed by atoms with E-state index in [9.17, 15) is 13.2 Å². The van der Waals surface area contributed by atoms with E-state index in [2.05, 4.69) is 5.32 Å². The number of carbonyl (C=O) groups excluding carboxylic acids is 1. The van der Waals surface area contributed by atoms with Crippen LogP contribution in [0.15, 0.2) is 47.4 Å². The lowest BCUT2D eigenvalue weighted by atomic mass is 10.2. The van der Waals surface area contributed by atoms with Gasteiger partial charge in [0.25, 0.3) is 5.91 Å². The van der Waals surface area contributed by atoms with Crippen LogP contribution >= 0.6 is 11.6 Å². The van der Waals surface area contributed by atoms with Gasteiger partial charge in [0.1, 0.15) is 5.75 Å². The first-order chi connectivity index (χ1) is 12.8. The van der Waals surface area contributed by atoms with Crippen molar-refractivity contribution in [2.45, 2.75) is 25.7 Å². The van der Waals surface area contributed by atoms with Gasteiger partial charge in [0.15, 0.2) is 6.61 Å². The topological polar surface area (TPSA) is 75.7 Å². The Bertz CT molecular complexity index is 894. The monoisotopic (exact) mass is 410 g/mol. The molecular weight excluding hydrogens is 388 g/mol. The van der Waals surface area contributed by atoms with Crippen LogP contribution in [0.1, 0.15) is 19.4 Å². The van der Waals surface area contributed by atoms with Gasteiger partial charge in [-0.05, 0) is 48.9 Å². The first-order valence-corrected chi connectivity index (χ1v) is 10.4. The largest absolute Gasteiger partial charge is 0.484 e. The minimum absolute atomic E-state index is 0.192. The highest BCUT2D eigenvalue weighted by molar-refractivity contribution is 7.89. The molecule has 0 saturated carbocycles. The second-order valence-corrected chi connectivity index (χ2v) is 8.16. The number of ether oxygens (including phenoxy) is 1. The van der Waals surface area contributed by atoms with E-state index in [1.807, 2.05) is 6.92 Å². The van der Waals surface area contributed by atoms with Gasteiger partial charge >= 0.3 is 0 Å². The zero-order valence-corrected chi connectivity index (χ0v) is 17.1. The molecule has 0 aliphatic carbocycles. The molecular formula is C19H23ClN2O4S. The van der Waals surface area contributed by atoms with E-state index in [0.717, 1.165) is 5.56 Å². The molecule has 6 nitrogen and oxygen atoms in total. The van der Waals surface area contributed by atoms with Crippen LogP contribution in [0.3, 0.4) is 0 Å². The van der Waals surface area contributed by atoms with Crippen molar-refractivity contribution in [3.05, 3.63) is 53.1 Å². The summed E-state index contributed by atoms with van der Waals surface area (Å²) in [6, 6.07) is 11.3. The molecule has 0 aliphatic heterocycles. The Morgan fingerprint density at radius 1 is 1.11 bits per heavy atom. The number of nitrogens with one attached hydrogen (secondary N) is 1. The van der Waals surface area contributed by atoms with Crippen LogP contribution in [0.4, 0.5) is 5.69 Å². The Morgan fingerprint density at radius 2 is 1.74 bits per heavy atom. The van der Waals surface area contributed by atoms with E-state index < -0.39 is 10.0 Å². The molecule has 146 valence electrons. The van der Waals surface area contributed by atoms with Gasteiger partial charge in [-0.2, -0.15) is 4.31 Å². The van der Waals surface area contributed by atoms with Crippen molar-refractivity contribution in [1.82, 2.24) is 4.31 Å². The highest BCUT2D eigenvalue weighted by atomic mass is 35.5. The molecule has 2 aromatic carbocycles. The van der Waals surface area contributed by atoms with Gasteiger partial charge in [0.2, 0.25) is 10.0 Å². The van der Waals surface area contributed by atoms with E-state index in [-0.39, 0.29) is 17.4 Å². The lowest BCUT2D eigenvalue weighted by Gasteiger charge is -2.18. The summed E-state index contributed by atoms with van der Waals surface area (Å²) >= 11 is 6.03. The number of anilines is 1. The summed E-state index contributed by atoms with van der Waals surface area (Å²) < 4.78 is 31.7. The smallest absolute Gasteiger partial charge is 0.262 e. The van der Waals surface area contributed by atoms with Gasteiger partial charge in [0.05, 0.1) is 4.90 Å². The van der Waals surface area contributed by atoms with E-state index in [0.29, 0.717) is 29.5 Å².